The van der Waals surface area contributed by atoms with Crippen LogP contribution in [0.15, 0.2) is 0 Å². The summed E-state index contributed by atoms with van der Waals surface area (Å²) in [5, 5.41) is 3.10. The Morgan fingerprint density at radius 3 is 2.96 bits per heavy atom. The topological polar surface area (TPSA) is 88.6 Å². The van der Waals surface area contributed by atoms with Crippen molar-refractivity contribution in [1.29, 1.82) is 0 Å². The van der Waals surface area contributed by atoms with Crippen molar-refractivity contribution >= 4 is 46.0 Å². The van der Waals surface area contributed by atoms with Crippen molar-refractivity contribution in [2.75, 3.05) is 17.7 Å². The van der Waals surface area contributed by atoms with Crippen molar-refractivity contribution in [3.05, 3.63) is 10.6 Å². The number of thiazole rings is 1. The minimum Gasteiger partial charge on any atom is -0.462 e. The van der Waals surface area contributed by atoms with Crippen LogP contribution in [0.5, 0.6) is 0 Å². The third kappa shape index (κ3) is 2.90. The van der Waals surface area contributed by atoms with Crippen LogP contribution in [0, 0.1) is 6.92 Å². The second-order valence-corrected chi connectivity index (χ2v) is 8.41. The fraction of sp³-hybridized carbons (Fsp3) is 0.600. The Hall–Kier alpha value is -1.61. The number of aryl methyl sites for hydroxylation is 1. The molecule has 1 aromatic heterocycles. The fourth-order valence-corrected chi connectivity index (χ4v) is 5.33. The van der Waals surface area contributed by atoms with Gasteiger partial charge in [0, 0.05) is 12.2 Å². The van der Waals surface area contributed by atoms with Crippen molar-refractivity contribution in [2.24, 2.45) is 0 Å². The Labute approximate surface area is 148 Å². The molecule has 2 saturated heterocycles. The maximum Gasteiger partial charge on any atom is 0.350 e. The molecule has 3 rings (SSSR count). The van der Waals surface area contributed by atoms with Gasteiger partial charge in [0.15, 0.2) is 5.13 Å². The van der Waals surface area contributed by atoms with Gasteiger partial charge in [0.2, 0.25) is 11.8 Å². The summed E-state index contributed by atoms with van der Waals surface area (Å²) < 4.78 is 4.97. The first-order valence-electron chi connectivity index (χ1n) is 7.77. The van der Waals surface area contributed by atoms with E-state index in [-0.39, 0.29) is 23.3 Å². The number of hydrogen-bond donors (Lipinski definition) is 1. The Balaban J connectivity index is 1.73. The lowest BCUT2D eigenvalue weighted by Crippen LogP contribution is -2.48. The van der Waals surface area contributed by atoms with Gasteiger partial charge in [-0.2, -0.15) is 0 Å². The standard InChI is InChI=1S/C15H19N3O4S2/c1-4-22-13(21)11-8(2)16-14(24-11)17-12(20)9-7-23-15(3)6-5-10(19)18(9)15/h9H,4-7H2,1-3H3,(H,16,17,20)/t9-,15+/m1/s1. The van der Waals surface area contributed by atoms with Gasteiger partial charge in [-0.1, -0.05) is 11.3 Å². The van der Waals surface area contributed by atoms with E-state index >= 15 is 0 Å². The van der Waals surface area contributed by atoms with Crippen LogP contribution < -0.4 is 5.32 Å². The molecule has 24 heavy (non-hydrogen) atoms. The predicted octanol–water partition coefficient (Wildman–Crippen LogP) is 2.02. The number of carbonyl (C=O) groups excluding carboxylic acids is 3. The highest BCUT2D eigenvalue weighted by Crippen LogP contribution is 2.47. The van der Waals surface area contributed by atoms with Gasteiger partial charge in [0.05, 0.1) is 17.2 Å². The molecule has 9 heteroatoms. The number of nitrogens with one attached hydrogen (secondary N) is 1. The molecular weight excluding hydrogens is 350 g/mol. The van der Waals surface area contributed by atoms with Gasteiger partial charge in [-0.15, -0.1) is 11.8 Å². The molecule has 2 aliphatic heterocycles. The predicted molar refractivity (Wildman–Crippen MR) is 92.2 cm³/mol. The van der Waals surface area contributed by atoms with Crippen LogP contribution >= 0.6 is 23.1 Å². The average molecular weight is 369 g/mol. The molecule has 0 radical (unpaired) electrons. The van der Waals surface area contributed by atoms with E-state index in [1.165, 1.54) is 0 Å². The van der Waals surface area contributed by atoms with E-state index in [1.807, 2.05) is 6.92 Å². The second-order valence-electron chi connectivity index (χ2n) is 5.91. The molecule has 0 aromatic carbocycles. The van der Waals surface area contributed by atoms with Crippen molar-refractivity contribution in [1.82, 2.24) is 9.88 Å². The van der Waals surface area contributed by atoms with Gasteiger partial charge in [0.25, 0.3) is 0 Å². The number of esters is 1. The monoisotopic (exact) mass is 369 g/mol. The molecule has 2 amide bonds. The molecule has 3 heterocycles. The number of carbonyl (C=O) groups is 3. The van der Waals surface area contributed by atoms with E-state index in [0.717, 1.165) is 17.8 Å². The van der Waals surface area contributed by atoms with E-state index in [0.29, 0.717) is 27.9 Å². The lowest BCUT2D eigenvalue weighted by molar-refractivity contribution is -0.135. The van der Waals surface area contributed by atoms with Gasteiger partial charge in [-0.3, -0.25) is 9.59 Å². The van der Waals surface area contributed by atoms with Gasteiger partial charge >= 0.3 is 5.97 Å². The lowest BCUT2D eigenvalue weighted by atomic mass is 10.2. The summed E-state index contributed by atoms with van der Waals surface area (Å²) in [4.78, 5) is 42.6. The van der Waals surface area contributed by atoms with E-state index in [1.54, 1.807) is 30.5 Å². The number of ether oxygens (including phenoxy) is 1. The molecule has 1 N–H and O–H groups in total. The normalized spacial score (nSPS) is 25.7. The molecule has 2 aliphatic rings. The third-order valence-electron chi connectivity index (χ3n) is 4.24. The smallest absolute Gasteiger partial charge is 0.350 e. The van der Waals surface area contributed by atoms with Crippen molar-refractivity contribution in [2.45, 2.75) is 44.5 Å². The summed E-state index contributed by atoms with van der Waals surface area (Å²) in [6, 6.07) is -0.495. The highest BCUT2D eigenvalue weighted by molar-refractivity contribution is 8.01. The molecule has 2 fully saturated rings. The van der Waals surface area contributed by atoms with Crippen LogP contribution in [-0.2, 0) is 14.3 Å². The van der Waals surface area contributed by atoms with Crippen LogP contribution in [0.4, 0.5) is 5.13 Å². The molecule has 2 atom stereocenters. The number of aromatic nitrogens is 1. The highest BCUT2D eigenvalue weighted by atomic mass is 32.2. The molecule has 7 nitrogen and oxygen atoms in total. The van der Waals surface area contributed by atoms with E-state index in [9.17, 15) is 14.4 Å². The number of anilines is 1. The molecule has 0 bridgehead atoms. The zero-order valence-electron chi connectivity index (χ0n) is 13.7. The van der Waals surface area contributed by atoms with Crippen LogP contribution in [0.25, 0.3) is 0 Å². The van der Waals surface area contributed by atoms with Crippen molar-refractivity contribution in [3.8, 4) is 0 Å². The average Bonchev–Trinajstić information content (AvgIpc) is 3.14. The molecule has 0 spiro atoms. The van der Waals surface area contributed by atoms with Gasteiger partial charge in [-0.25, -0.2) is 9.78 Å². The molecule has 0 aliphatic carbocycles. The summed E-state index contributed by atoms with van der Waals surface area (Å²) in [5.41, 5.74) is 0.525. The number of fused-ring (bicyclic) bond motifs is 1. The van der Waals surface area contributed by atoms with Crippen molar-refractivity contribution < 1.29 is 19.1 Å². The summed E-state index contributed by atoms with van der Waals surface area (Å²) in [5.74, 6) is -0.106. The lowest BCUT2D eigenvalue weighted by Gasteiger charge is -2.29. The zero-order chi connectivity index (χ0) is 17.5. The minimum atomic E-state index is -0.495. The Morgan fingerprint density at radius 2 is 2.25 bits per heavy atom. The maximum absolute atomic E-state index is 12.6. The van der Waals surface area contributed by atoms with E-state index in [2.05, 4.69) is 10.3 Å². The first-order chi connectivity index (χ1) is 11.4. The Kier molecular flexibility index (Phi) is 4.56. The van der Waals surface area contributed by atoms with Crippen LogP contribution in [0.2, 0.25) is 0 Å². The summed E-state index contributed by atoms with van der Waals surface area (Å²) in [6.07, 6.45) is 1.25. The largest absolute Gasteiger partial charge is 0.462 e. The van der Waals surface area contributed by atoms with Gasteiger partial charge in [0.1, 0.15) is 10.9 Å². The third-order valence-corrected chi connectivity index (χ3v) is 6.79. The first kappa shape index (κ1) is 17.2. The Morgan fingerprint density at radius 1 is 1.50 bits per heavy atom. The molecule has 0 saturated carbocycles. The summed E-state index contributed by atoms with van der Waals surface area (Å²) in [6.45, 7) is 5.72. The summed E-state index contributed by atoms with van der Waals surface area (Å²) >= 11 is 2.73. The number of rotatable bonds is 4. The number of amides is 2. The van der Waals surface area contributed by atoms with Crippen LogP contribution in [0.1, 0.15) is 42.1 Å². The maximum atomic E-state index is 12.6. The molecule has 1 aromatic rings. The van der Waals surface area contributed by atoms with Gasteiger partial charge in [-0.05, 0) is 27.2 Å². The zero-order valence-corrected chi connectivity index (χ0v) is 15.4. The minimum absolute atomic E-state index is 0.0187. The van der Waals surface area contributed by atoms with E-state index < -0.39 is 12.0 Å². The molecular formula is C15H19N3O4S2. The Bertz CT molecular complexity index is 705. The van der Waals surface area contributed by atoms with Crippen LogP contribution in [-0.4, -0.2) is 50.9 Å². The van der Waals surface area contributed by atoms with Crippen LogP contribution in [0.3, 0.4) is 0 Å². The molecule has 130 valence electrons. The fourth-order valence-electron chi connectivity index (χ4n) is 3.04. The van der Waals surface area contributed by atoms with Gasteiger partial charge < -0.3 is 15.0 Å². The highest BCUT2D eigenvalue weighted by Gasteiger charge is 2.53. The van der Waals surface area contributed by atoms with Crippen molar-refractivity contribution in [3.63, 3.8) is 0 Å². The SMILES string of the molecule is CCOC(=O)c1sc(NC(=O)[C@H]2CS[C@@]3(C)CCC(=O)N23)nc1C. The number of nitrogens with zero attached hydrogens (tertiary/aromatic N) is 2. The number of thioether (sulfide) groups is 1. The first-order valence-corrected chi connectivity index (χ1v) is 9.57. The molecule has 0 unspecified atom stereocenters. The number of hydrogen-bond acceptors (Lipinski definition) is 7. The van der Waals surface area contributed by atoms with E-state index in [4.69, 9.17) is 4.74 Å². The second kappa shape index (κ2) is 6.36. The quantitative estimate of drug-likeness (QED) is 0.817. The summed E-state index contributed by atoms with van der Waals surface area (Å²) in [7, 11) is 0.